The average molecular weight is 209 g/mol. The van der Waals surface area contributed by atoms with Gasteiger partial charge in [0.15, 0.2) is 0 Å². The van der Waals surface area contributed by atoms with Gasteiger partial charge in [0.05, 0.1) is 5.92 Å². The Morgan fingerprint density at radius 2 is 2.27 bits per heavy atom. The first-order valence-electron chi connectivity index (χ1n) is 5.05. The molecule has 82 valence electrons. The highest BCUT2D eigenvalue weighted by Crippen LogP contribution is 2.32. The molecule has 2 heterocycles. The van der Waals surface area contributed by atoms with Crippen LogP contribution in [0.15, 0.2) is 16.5 Å². The number of carbonyl (C=O) groups is 1. The summed E-state index contributed by atoms with van der Waals surface area (Å²) in [5, 5.41) is 9.10. The zero-order valence-electron chi connectivity index (χ0n) is 8.93. The summed E-state index contributed by atoms with van der Waals surface area (Å²) in [6.07, 6.45) is 0. The number of aryl methyl sites for hydroxylation is 1. The van der Waals surface area contributed by atoms with Crippen LogP contribution in [0.4, 0.5) is 0 Å². The molecule has 4 heteroatoms. The van der Waals surface area contributed by atoms with Gasteiger partial charge in [-0.3, -0.25) is 4.79 Å². The predicted octanol–water partition coefficient (Wildman–Crippen LogP) is 1.32. The molecule has 0 radical (unpaired) electrons. The van der Waals surface area contributed by atoms with Crippen molar-refractivity contribution >= 4 is 5.97 Å². The largest absolute Gasteiger partial charge is 0.481 e. The molecule has 1 N–H and O–H groups in total. The molecule has 1 aliphatic rings. The van der Waals surface area contributed by atoms with Crippen LogP contribution in [0.1, 0.15) is 17.4 Å². The fourth-order valence-corrected chi connectivity index (χ4v) is 2.19. The molecule has 1 aliphatic heterocycles. The minimum absolute atomic E-state index is 0.0128. The van der Waals surface area contributed by atoms with E-state index in [9.17, 15) is 4.79 Å². The van der Waals surface area contributed by atoms with Crippen molar-refractivity contribution in [2.75, 3.05) is 20.1 Å². The highest BCUT2D eigenvalue weighted by molar-refractivity contribution is 5.72. The van der Waals surface area contributed by atoms with Gasteiger partial charge in [0, 0.05) is 19.0 Å². The molecule has 0 aliphatic carbocycles. The number of hydrogen-bond acceptors (Lipinski definition) is 3. The van der Waals surface area contributed by atoms with Gasteiger partial charge in [-0.25, -0.2) is 0 Å². The first-order valence-corrected chi connectivity index (χ1v) is 5.05. The van der Waals surface area contributed by atoms with E-state index in [1.807, 2.05) is 31.0 Å². The van der Waals surface area contributed by atoms with E-state index in [1.165, 1.54) is 0 Å². The molecule has 1 fully saturated rings. The van der Waals surface area contributed by atoms with Crippen molar-refractivity contribution in [1.82, 2.24) is 4.90 Å². The third-order valence-corrected chi connectivity index (χ3v) is 2.95. The lowest BCUT2D eigenvalue weighted by molar-refractivity contribution is -0.141. The number of carboxylic acids is 1. The van der Waals surface area contributed by atoms with Crippen LogP contribution in [-0.4, -0.2) is 36.1 Å². The number of carboxylic acid groups (broad SMARTS) is 1. The molecule has 2 atom stereocenters. The lowest BCUT2D eigenvalue weighted by atomic mass is 9.94. The zero-order valence-corrected chi connectivity index (χ0v) is 8.93. The maximum atomic E-state index is 11.1. The first-order chi connectivity index (χ1) is 7.08. The molecule has 0 aromatic carbocycles. The van der Waals surface area contributed by atoms with Crippen molar-refractivity contribution in [3.05, 3.63) is 23.7 Å². The minimum atomic E-state index is -0.738. The number of likely N-dealkylation sites (tertiary alicyclic amines) is 1. The molecule has 15 heavy (non-hydrogen) atoms. The van der Waals surface area contributed by atoms with Crippen molar-refractivity contribution in [3.8, 4) is 0 Å². The van der Waals surface area contributed by atoms with Crippen LogP contribution in [0.2, 0.25) is 0 Å². The predicted molar refractivity (Wildman–Crippen MR) is 54.8 cm³/mol. The second-order valence-corrected chi connectivity index (χ2v) is 4.22. The number of hydrogen-bond donors (Lipinski definition) is 1. The van der Waals surface area contributed by atoms with Gasteiger partial charge >= 0.3 is 5.97 Å². The average Bonchev–Trinajstić information content (AvgIpc) is 2.71. The Balaban J connectivity index is 2.24. The SMILES string of the molecule is Cc1ccc([C@H]2CN(C)C[C@H]2C(=O)O)o1. The molecular formula is C11H15NO3. The lowest BCUT2D eigenvalue weighted by Gasteiger charge is -2.11. The van der Waals surface area contributed by atoms with E-state index in [2.05, 4.69) is 0 Å². The van der Waals surface area contributed by atoms with E-state index in [0.717, 1.165) is 18.1 Å². The fraction of sp³-hybridized carbons (Fsp3) is 0.545. The number of rotatable bonds is 2. The summed E-state index contributed by atoms with van der Waals surface area (Å²) in [5.41, 5.74) is 0. The quantitative estimate of drug-likeness (QED) is 0.798. The molecule has 4 nitrogen and oxygen atoms in total. The molecule has 1 aromatic rings. The number of aliphatic carboxylic acids is 1. The summed E-state index contributed by atoms with van der Waals surface area (Å²) in [4.78, 5) is 13.1. The Kier molecular flexibility index (Phi) is 2.52. The Hall–Kier alpha value is -1.29. The molecule has 0 amide bonds. The Morgan fingerprint density at radius 3 is 2.80 bits per heavy atom. The summed E-state index contributed by atoms with van der Waals surface area (Å²) in [7, 11) is 1.94. The summed E-state index contributed by atoms with van der Waals surface area (Å²) in [6, 6.07) is 3.77. The fourth-order valence-electron chi connectivity index (χ4n) is 2.19. The Morgan fingerprint density at radius 1 is 1.53 bits per heavy atom. The zero-order chi connectivity index (χ0) is 11.0. The van der Waals surface area contributed by atoms with Gasteiger partial charge in [-0.1, -0.05) is 0 Å². The molecule has 0 saturated carbocycles. The van der Waals surface area contributed by atoms with Crippen LogP contribution in [0.3, 0.4) is 0 Å². The van der Waals surface area contributed by atoms with Crippen molar-refractivity contribution in [2.24, 2.45) is 5.92 Å². The van der Waals surface area contributed by atoms with E-state index in [-0.39, 0.29) is 11.8 Å². The van der Waals surface area contributed by atoms with Crippen LogP contribution in [0, 0.1) is 12.8 Å². The highest BCUT2D eigenvalue weighted by Gasteiger charge is 2.38. The van der Waals surface area contributed by atoms with Gasteiger partial charge < -0.3 is 14.4 Å². The Labute approximate surface area is 88.5 Å². The van der Waals surface area contributed by atoms with E-state index >= 15 is 0 Å². The first kappa shape index (κ1) is 10.2. The van der Waals surface area contributed by atoms with Crippen molar-refractivity contribution in [3.63, 3.8) is 0 Å². The molecule has 0 bridgehead atoms. The second-order valence-electron chi connectivity index (χ2n) is 4.22. The second kappa shape index (κ2) is 3.70. The number of likely N-dealkylation sites (N-methyl/N-ethyl adjacent to an activating group) is 1. The van der Waals surface area contributed by atoms with Crippen LogP contribution >= 0.6 is 0 Å². The van der Waals surface area contributed by atoms with Crippen LogP contribution in [-0.2, 0) is 4.79 Å². The minimum Gasteiger partial charge on any atom is -0.481 e. The highest BCUT2D eigenvalue weighted by atomic mass is 16.4. The van der Waals surface area contributed by atoms with Crippen molar-refractivity contribution in [2.45, 2.75) is 12.8 Å². The molecule has 2 rings (SSSR count). The summed E-state index contributed by atoms with van der Waals surface area (Å²) in [5.74, 6) is 0.535. The smallest absolute Gasteiger partial charge is 0.308 e. The maximum absolute atomic E-state index is 11.1. The van der Waals surface area contributed by atoms with E-state index < -0.39 is 5.97 Å². The lowest BCUT2D eigenvalue weighted by Crippen LogP contribution is -2.21. The van der Waals surface area contributed by atoms with E-state index in [1.54, 1.807) is 0 Å². The van der Waals surface area contributed by atoms with Crippen LogP contribution < -0.4 is 0 Å². The van der Waals surface area contributed by atoms with Crippen LogP contribution in [0.25, 0.3) is 0 Å². The summed E-state index contributed by atoms with van der Waals surface area (Å²) < 4.78 is 5.51. The van der Waals surface area contributed by atoms with Gasteiger partial charge in [0.25, 0.3) is 0 Å². The monoisotopic (exact) mass is 209 g/mol. The van der Waals surface area contributed by atoms with Crippen molar-refractivity contribution < 1.29 is 14.3 Å². The molecule has 1 aromatic heterocycles. The normalized spacial score (nSPS) is 27.1. The van der Waals surface area contributed by atoms with Crippen molar-refractivity contribution in [1.29, 1.82) is 0 Å². The number of furan rings is 1. The molecular weight excluding hydrogens is 194 g/mol. The summed E-state index contributed by atoms with van der Waals surface area (Å²) in [6.45, 7) is 3.22. The van der Waals surface area contributed by atoms with E-state index in [4.69, 9.17) is 9.52 Å². The third kappa shape index (κ3) is 1.90. The van der Waals surface area contributed by atoms with Gasteiger partial charge in [0.1, 0.15) is 11.5 Å². The maximum Gasteiger partial charge on any atom is 0.308 e. The van der Waals surface area contributed by atoms with Gasteiger partial charge in [-0.2, -0.15) is 0 Å². The molecule has 0 spiro atoms. The van der Waals surface area contributed by atoms with Gasteiger partial charge in [-0.15, -0.1) is 0 Å². The molecule has 0 unspecified atom stereocenters. The number of nitrogens with zero attached hydrogens (tertiary/aromatic N) is 1. The Bertz CT molecular complexity index is 372. The van der Waals surface area contributed by atoms with Gasteiger partial charge in [-0.05, 0) is 26.1 Å². The third-order valence-electron chi connectivity index (χ3n) is 2.95. The summed E-state index contributed by atoms with van der Waals surface area (Å²) >= 11 is 0. The van der Waals surface area contributed by atoms with Crippen LogP contribution in [0.5, 0.6) is 0 Å². The topological polar surface area (TPSA) is 53.7 Å². The standard InChI is InChI=1S/C11H15NO3/c1-7-3-4-10(15-7)8-5-12(2)6-9(8)11(13)14/h3-4,8-9H,5-6H2,1-2H3,(H,13,14)/t8-,9+/m0/s1. The van der Waals surface area contributed by atoms with E-state index in [0.29, 0.717) is 6.54 Å². The van der Waals surface area contributed by atoms with Gasteiger partial charge in [0.2, 0.25) is 0 Å². The molecule has 1 saturated heterocycles.